The Morgan fingerprint density at radius 2 is 2.00 bits per heavy atom. The smallest absolute Gasteiger partial charge is 0.191 e. The van der Waals surface area contributed by atoms with Gasteiger partial charge in [-0.1, -0.05) is 20.8 Å². The van der Waals surface area contributed by atoms with Gasteiger partial charge in [-0.05, 0) is 52.7 Å². The van der Waals surface area contributed by atoms with E-state index in [9.17, 15) is 0 Å². The Kier molecular flexibility index (Phi) is 15.4. The van der Waals surface area contributed by atoms with Crippen LogP contribution in [-0.2, 0) is 12.8 Å². The van der Waals surface area contributed by atoms with Crippen LogP contribution in [0.5, 0.6) is 0 Å². The van der Waals surface area contributed by atoms with Crippen molar-refractivity contribution >= 4 is 41.3 Å². The van der Waals surface area contributed by atoms with Gasteiger partial charge in [-0.15, -0.1) is 35.3 Å². The lowest BCUT2D eigenvalue weighted by Crippen LogP contribution is -2.42. The molecule has 1 unspecified atom stereocenters. The molecule has 0 radical (unpaired) electrons. The summed E-state index contributed by atoms with van der Waals surface area (Å²) in [7, 11) is 0. The minimum Gasteiger partial charge on any atom is -0.357 e. The monoisotopic (exact) mass is 495 g/mol. The van der Waals surface area contributed by atoms with Crippen molar-refractivity contribution in [1.29, 1.82) is 0 Å². The Hall–Kier alpha value is -0.410. The molecule has 1 aromatic rings. The first-order valence-corrected chi connectivity index (χ1v) is 10.6. The van der Waals surface area contributed by atoms with E-state index in [0.29, 0.717) is 6.04 Å². The summed E-state index contributed by atoms with van der Waals surface area (Å²) < 4.78 is 0. The molecule has 5 nitrogen and oxygen atoms in total. The van der Waals surface area contributed by atoms with Crippen molar-refractivity contribution in [3.63, 3.8) is 0 Å². The summed E-state index contributed by atoms with van der Waals surface area (Å²) in [4.78, 5) is 13.0. The van der Waals surface area contributed by atoms with Crippen LogP contribution in [0, 0.1) is 0 Å². The number of hydrogen-bond donors (Lipinski definition) is 2. The average molecular weight is 496 g/mol. The summed E-state index contributed by atoms with van der Waals surface area (Å²) in [6, 6.07) is 0.430. The van der Waals surface area contributed by atoms with E-state index in [1.54, 1.807) is 11.3 Å². The molecule has 2 N–H and O–H groups in total. The summed E-state index contributed by atoms with van der Waals surface area (Å²) in [6.07, 6.45) is 6.35. The van der Waals surface area contributed by atoms with Crippen molar-refractivity contribution in [1.82, 2.24) is 20.5 Å². The van der Waals surface area contributed by atoms with E-state index >= 15 is 0 Å². The van der Waals surface area contributed by atoms with Crippen molar-refractivity contribution < 1.29 is 0 Å². The summed E-state index contributed by atoms with van der Waals surface area (Å²) in [5.41, 5.74) is 0. The van der Waals surface area contributed by atoms with Crippen molar-refractivity contribution in [2.45, 2.75) is 66.3 Å². The van der Waals surface area contributed by atoms with Crippen LogP contribution in [0.4, 0.5) is 0 Å². The largest absolute Gasteiger partial charge is 0.357 e. The molecule has 0 saturated carbocycles. The van der Waals surface area contributed by atoms with Crippen LogP contribution in [0.15, 0.2) is 11.2 Å². The molecule has 0 saturated heterocycles. The van der Waals surface area contributed by atoms with Crippen molar-refractivity contribution in [2.75, 3.05) is 32.7 Å². The number of halogens is 1. The first kappa shape index (κ1) is 25.6. The van der Waals surface area contributed by atoms with E-state index < -0.39 is 0 Å². The molecule has 0 spiro atoms. The fraction of sp³-hybridized carbons (Fsp3) is 0.789. The molecule has 0 aliphatic heterocycles. The minimum absolute atomic E-state index is 0. The quantitative estimate of drug-likeness (QED) is 0.262. The molecule has 152 valence electrons. The number of rotatable bonds is 12. The number of hydrogen-bond acceptors (Lipinski definition) is 4. The van der Waals surface area contributed by atoms with Crippen molar-refractivity contribution in [2.24, 2.45) is 4.99 Å². The van der Waals surface area contributed by atoms with E-state index in [4.69, 9.17) is 4.99 Å². The zero-order valence-electron chi connectivity index (χ0n) is 17.2. The van der Waals surface area contributed by atoms with Crippen LogP contribution in [0.1, 0.15) is 57.3 Å². The number of aliphatic imine (C=N–C) groups is 1. The van der Waals surface area contributed by atoms with Crippen LogP contribution in [0.3, 0.4) is 0 Å². The lowest BCUT2D eigenvalue weighted by molar-refractivity contribution is 0.292. The topological polar surface area (TPSA) is 52.6 Å². The number of guanidine groups is 1. The lowest BCUT2D eigenvalue weighted by atomic mass is 10.2. The molecular formula is C19H38IN5S. The maximum absolute atomic E-state index is 4.71. The van der Waals surface area contributed by atoms with Gasteiger partial charge in [0, 0.05) is 36.6 Å². The van der Waals surface area contributed by atoms with E-state index in [1.807, 2.05) is 6.20 Å². The Bertz CT molecular complexity index is 488. The van der Waals surface area contributed by atoms with Gasteiger partial charge in [0.05, 0.1) is 5.01 Å². The fourth-order valence-corrected chi connectivity index (χ4v) is 3.53. The Morgan fingerprint density at radius 1 is 1.27 bits per heavy atom. The normalized spacial score (nSPS) is 12.8. The van der Waals surface area contributed by atoms with Crippen molar-refractivity contribution in [3.05, 3.63) is 16.1 Å². The molecule has 0 aliphatic rings. The zero-order valence-corrected chi connectivity index (χ0v) is 20.3. The maximum atomic E-state index is 4.71. The van der Waals surface area contributed by atoms with Crippen LogP contribution in [-0.4, -0.2) is 54.6 Å². The summed E-state index contributed by atoms with van der Waals surface area (Å²) in [5, 5.41) is 8.07. The highest BCUT2D eigenvalue weighted by atomic mass is 127. The van der Waals surface area contributed by atoms with Crippen LogP contribution in [0.2, 0.25) is 0 Å². The molecular weight excluding hydrogens is 457 g/mol. The summed E-state index contributed by atoms with van der Waals surface area (Å²) in [6.45, 7) is 16.1. The molecule has 1 aromatic heterocycles. The van der Waals surface area contributed by atoms with Gasteiger partial charge < -0.3 is 15.5 Å². The summed E-state index contributed by atoms with van der Waals surface area (Å²) in [5.74, 6) is 0.921. The van der Waals surface area contributed by atoms with Gasteiger partial charge in [0.25, 0.3) is 0 Å². The first-order valence-electron chi connectivity index (χ1n) is 9.83. The minimum atomic E-state index is 0. The third-order valence-corrected chi connectivity index (χ3v) is 5.48. The van der Waals surface area contributed by atoms with Crippen LogP contribution >= 0.6 is 35.3 Å². The van der Waals surface area contributed by atoms with Crippen LogP contribution < -0.4 is 10.6 Å². The van der Waals surface area contributed by atoms with E-state index in [2.05, 4.69) is 55.1 Å². The van der Waals surface area contributed by atoms with E-state index in [1.165, 1.54) is 22.9 Å². The predicted octanol–water partition coefficient (Wildman–Crippen LogP) is 3.93. The van der Waals surface area contributed by atoms with Gasteiger partial charge in [-0.25, -0.2) is 4.98 Å². The highest BCUT2D eigenvalue weighted by molar-refractivity contribution is 14.0. The molecule has 0 fully saturated rings. The highest BCUT2D eigenvalue weighted by Gasteiger charge is 2.07. The molecule has 0 amide bonds. The maximum Gasteiger partial charge on any atom is 0.191 e. The van der Waals surface area contributed by atoms with Gasteiger partial charge in [0.2, 0.25) is 0 Å². The Balaban J connectivity index is 0.00000625. The predicted molar refractivity (Wildman–Crippen MR) is 126 cm³/mol. The number of nitrogens with one attached hydrogen (secondary N) is 2. The fourth-order valence-electron chi connectivity index (χ4n) is 2.68. The van der Waals surface area contributed by atoms with Gasteiger partial charge in [-0.2, -0.15) is 0 Å². The average Bonchev–Trinajstić information content (AvgIpc) is 3.07. The third kappa shape index (κ3) is 10.7. The molecule has 1 atom stereocenters. The molecule has 0 aliphatic carbocycles. The van der Waals surface area contributed by atoms with E-state index in [-0.39, 0.29) is 24.0 Å². The number of aryl methyl sites for hydroxylation is 1. The Morgan fingerprint density at radius 3 is 2.58 bits per heavy atom. The third-order valence-electron chi connectivity index (χ3n) is 4.28. The van der Waals surface area contributed by atoms with Crippen molar-refractivity contribution in [3.8, 4) is 0 Å². The van der Waals surface area contributed by atoms with Gasteiger partial charge in [0.15, 0.2) is 5.96 Å². The second-order valence-electron chi connectivity index (χ2n) is 6.30. The zero-order chi connectivity index (χ0) is 18.5. The SMILES string of the molecule is CCNC(=NCCc1ncc(CC)s1)NC(C)CCCN(CC)CC.I. The van der Waals surface area contributed by atoms with Gasteiger partial charge in [-0.3, -0.25) is 4.99 Å². The molecule has 0 bridgehead atoms. The highest BCUT2D eigenvalue weighted by Crippen LogP contribution is 2.13. The number of thiazole rings is 1. The van der Waals surface area contributed by atoms with Gasteiger partial charge >= 0.3 is 0 Å². The molecule has 1 heterocycles. The molecule has 7 heteroatoms. The number of aromatic nitrogens is 1. The first-order chi connectivity index (χ1) is 12.1. The second kappa shape index (κ2) is 15.6. The summed E-state index contributed by atoms with van der Waals surface area (Å²) >= 11 is 1.80. The molecule has 0 aromatic carbocycles. The standard InChI is InChI=1S/C19H37N5S.HI/c1-6-17-15-22-18(25-17)12-13-21-19(20-7-2)23-16(5)11-10-14-24(8-3)9-4;/h15-16H,6-14H2,1-5H3,(H2,20,21,23);1H. The lowest BCUT2D eigenvalue weighted by Gasteiger charge is -2.21. The van der Waals surface area contributed by atoms with Gasteiger partial charge in [0.1, 0.15) is 0 Å². The van der Waals surface area contributed by atoms with Crippen LogP contribution in [0.25, 0.3) is 0 Å². The molecule has 26 heavy (non-hydrogen) atoms. The Labute approximate surface area is 181 Å². The molecule has 1 rings (SSSR count). The second-order valence-corrected chi connectivity index (χ2v) is 7.50. The van der Waals surface area contributed by atoms with E-state index in [0.717, 1.165) is 51.4 Å². The number of nitrogens with zero attached hydrogens (tertiary/aromatic N) is 3.